The van der Waals surface area contributed by atoms with Crippen LogP contribution in [0.15, 0.2) is 47.4 Å². The van der Waals surface area contributed by atoms with Crippen molar-refractivity contribution in [1.29, 1.82) is 0 Å². The number of carbonyl (C=O) groups excluding carboxylic acids is 1. The van der Waals surface area contributed by atoms with Crippen molar-refractivity contribution >= 4 is 29.0 Å². The molecule has 0 aromatic heterocycles. The predicted molar refractivity (Wildman–Crippen MR) is 82.1 cm³/mol. The molecule has 0 bridgehead atoms. The standard InChI is InChI=1S/C15H15FN2OS/c1-17-14-12(4-3-5-13(14)16)15(19)18-10-6-8-11(20-2)9-7-10/h3-9,17H,1-2H3,(H,18,19). The molecule has 2 aromatic carbocycles. The molecule has 0 fully saturated rings. The third-order valence-corrected chi connectivity index (χ3v) is 3.60. The van der Waals surface area contributed by atoms with Gasteiger partial charge in [-0.1, -0.05) is 6.07 Å². The number of thioether (sulfide) groups is 1. The van der Waals surface area contributed by atoms with E-state index in [9.17, 15) is 9.18 Å². The van der Waals surface area contributed by atoms with Gasteiger partial charge in [0.2, 0.25) is 0 Å². The number of hydrogen-bond acceptors (Lipinski definition) is 3. The molecule has 3 nitrogen and oxygen atoms in total. The molecule has 0 heterocycles. The smallest absolute Gasteiger partial charge is 0.257 e. The molecular weight excluding hydrogens is 275 g/mol. The molecule has 2 N–H and O–H groups in total. The van der Waals surface area contributed by atoms with Crippen LogP contribution in [0.4, 0.5) is 15.8 Å². The van der Waals surface area contributed by atoms with E-state index in [1.807, 2.05) is 30.5 Å². The Bertz CT molecular complexity index is 614. The van der Waals surface area contributed by atoms with Gasteiger partial charge < -0.3 is 10.6 Å². The Kier molecular flexibility index (Phi) is 4.63. The van der Waals surface area contributed by atoms with Crippen molar-refractivity contribution in [2.75, 3.05) is 23.9 Å². The molecule has 2 rings (SSSR count). The van der Waals surface area contributed by atoms with E-state index < -0.39 is 5.82 Å². The fourth-order valence-corrected chi connectivity index (χ4v) is 2.25. The Morgan fingerprint density at radius 1 is 1.15 bits per heavy atom. The Labute approximate surface area is 121 Å². The number of carbonyl (C=O) groups is 1. The van der Waals surface area contributed by atoms with Crippen LogP contribution < -0.4 is 10.6 Å². The molecule has 0 spiro atoms. The lowest BCUT2D eigenvalue weighted by molar-refractivity contribution is 0.102. The number of hydrogen-bond donors (Lipinski definition) is 2. The van der Waals surface area contributed by atoms with Gasteiger partial charge in [-0.25, -0.2) is 4.39 Å². The SMILES string of the molecule is CNc1c(F)cccc1C(=O)Nc1ccc(SC)cc1. The largest absolute Gasteiger partial charge is 0.385 e. The lowest BCUT2D eigenvalue weighted by atomic mass is 10.1. The minimum absolute atomic E-state index is 0.200. The maximum atomic E-state index is 13.6. The van der Waals surface area contributed by atoms with Gasteiger partial charge in [0.05, 0.1) is 11.3 Å². The summed E-state index contributed by atoms with van der Waals surface area (Å²) in [5, 5.41) is 5.47. The van der Waals surface area contributed by atoms with Crippen LogP contribution in [0.1, 0.15) is 10.4 Å². The highest BCUT2D eigenvalue weighted by Gasteiger charge is 2.14. The Balaban J connectivity index is 2.21. The first-order valence-corrected chi connectivity index (χ1v) is 7.30. The van der Waals surface area contributed by atoms with Gasteiger partial charge in [-0.3, -0.25) is 4.79 Å². The van der Waals surface area contributed by atoms with E-state index in [2.05, 4.69) is 10.6 Å². The van der Waals surface area contributed by atoms with Crippen molar-refractivity contribution in [2.45, 2.75) is 4.90 Å². The molecule has 0 radical (unpaired) electrons. The lowest BCUT2D eigenvalue weighted by Crippen LogP contribution is -2.14. The van der Waals surface area contributed by atoms with Gasteiger partial charge in [-0.2, -0.15) is 0 Å². The zero-order valence-corrected chi connectivity index (χ0v) is 12.1. The van der Waals surface area contributed by atoms with Gasteiger partial charge in [-0.15, -0.1) is 11.8 Å². The van der Waals surface area contributed by atoms with Crippen LogP contribution in [-0.2, 0) is 0 Å². The summed E-state index contributed by atoms with van der Waals surface area (Å²) in [5.41, 5.74) is 1.16. The van der Waals surface area contributed by atoms with Crippen molar-refractivity contribution in [3.8, 4) is 0 Å². The van der Waals surface area contributed by atoms with E-state index in [1.165, 1.54) is 12.1 Å². The summed E-state index contributed by atoms with van der Waals surface area (Å²) in [4.78, 5) is 13.3. The molecule has 0 aliphatic carbocycles. The van der Waals surface area contributed by atoms with Gasteiger partial charge in [-0.05, 0) is 42.7 Å². The average Bonchev–Trinajstić information content (AvgIpc) is 2.47. The molecule has 5 heteroatoms. The minimum Gasteiger partial charge on any atom is -0.385 e. The van der Waals surface area contributed by atoms with Crippen LogP contribution in [0.2, 0.25) is 0 Å². The number of nitrogens with one attached hydrogen (secondary N) is 2. The third-order valence-electron chi connectivity index (χ3n) is 2.86. The summed E-state index contributed by atoms with van der Waals surface area (Å²) in [6.45, 7) is 0. The van der Waals surface area contributed by atoms with Crippen LogP contribution in [-0.4, -0.2) is 19.2 Å². The quantitative estimate of drug-likeness (QED) is 0.841. The van der Waals surface area contributed by atoms with E-state index in [1.54, 1.807) is 24.9 Å². The molecule has 0 saturated carbocycles. The summed E-state index contributed by atoms with van der Waals surface area (Å²) in [6, 6.07) is 11.9. The fraction of sp³-hybridized carbons (Fsp3) is 0.133. The molecule has 0 saturated heterocycles. The fourth-order valence-electron chi connectivity index (χ4n) is 1.84. The van der Waals surface area contributed by atoms with Gasteiger partial charge in [0.25, 0.3) is 5.91 Å². The first kappa shape index (κ1) is 14.4. The third kappa shape index (κ3) is 3.11. The molecule has 2 aromatic rings. The zero-order chi connectivity index (χ0) is 14.5. The lowest BCUT2D eigenvalue weighted by Gasteiger charge is -2.10. The molecule has 0 aliphatic rings. The predicted octanol–water partition coefficient (Wildman–Crippen LogP) is 3.84. The van der Waals surface area contributed by atoms with Crippen LogP contribution >= 0.6 is 11.8 Å². The number of para-hydroxylation sites is 1. The molecule has 1 amide bonds. The molecule has 0 aliphatic heterocycles. The van der Waals surface area contributed by atoms with Crippen LogP contribution in [0, 0.1) is 5.82 Å². The monoisotopic (exact) mass is 290 g/mol. The van der Waals surface area contributed by atoms with Crippen molar-refractivity contribution in [2.24, 2.45) is 0 Å². The normalized spacial score (nSPS) is 10.2. The Hall–Kier alpha value is -2.01. The molecule has 0 atom stereocenters. The summed E-state index contributed by atoms with van der Waals surface area (Å²) < 4.78 is 13.6. The van der Waals surface area contributed by atoms with E-state index >= 15 is 0 Å². The van der Waals surface area contributed by atoms with Crippen molar-refractivity contribution in [3.05, 3.63) is 53.8 Å². The summed E-state index contributed by atoms with van der Waals surface area (Å²) >= 11 is 1.63. The average molecular weight is 290 g/mol. The molecule has 0 unspecified atom stereocenters. The first-order valence-electron chi connectivity index (χ1n) is 6.07. The molecule has 20 heavy (non-hydrogen) atoms. The van der Waals surface area contributed by atoms with E-state index in [0.717, 1.165) is 4.90 Å². The Morgan fingerprint density at radius 2 is 1.85 bits per heavy atom. The second kappa shape index (κ2) is 6.43. The van der Waals surface area contributed by atoms with E-state index in [0.29, 0.717) is 5.69 Å². The molecule has 104 valence electrons. The number of rotatable bonds is 4. The maximum absolute atomic E-state index is 13.6. The highest BCUT2D eigenvalue weighted by molar-refractivity contribution is 7.98. The number of amides is 1. The van der Waals surface area contributed by atoms with Gasteiger partial charge in [0.1, 0.15) is 5.82 Å². The Morgan fingerprint density at radius 3 is 2.45 bits per heavy atom. The number of anilines is 2. The number of benzene rings is 2. The summed E-state index contributed by atoms with van der Waals surface area (Å²) in [7, 11) is 1.59. The minimum atomic E-state index is -0.446. The van der Waals surface area contributed by atoms with Crippen molar-refractivity contribution < 1.29 is 9.18 Å². The van der Waals surface area contributed by atoms with Crippen LogP contribution in [0.25, 0.3) is 0 Å². The second-order valence-corrected chi connectivity index (χ2v) is 4.97. The van der Waals surface area contributed by atoms with Gasteiger partial charge >= 0.3 is 0 Å². The highest BCUT2D eigenvalue weighted by atomic mass is 32.2. The van der Waals surface area contributed by atoms with Crippen molar-refractivity contribution in [3.63, 3.8) is 0 Å². The van der Waals surface area contributed by atoms with Crippen LogP contribution in [0.3, 0.4) is 0 Å². The number of halogens is 1. The molecular formula is C15H15FN2OS. The maximum Gasteiger partial charge on any atom is 0.257 e. The summed E-state index contributed by atoms with van der Waals surface area (Å²) in [6.07, 6.45) is 1.99. The van der Waals surface area contributed by atoms with Gasteiger partial charge in [0, 0.05) is 17.6 Å². The van der Waals surface area contributed by atoms with E-state index in [4.69, 9.17) is 0 Å². The van der Waals surface area contributed by atoms with Crippen molar-refractivity contribution in [1.82, 2.24) is 0 Å². The first-order chi connectivity index (χ1) is 9.65. The van der Waals surface area contributed by atoms with Crippen LogP contribution in [0.5, 0.6) is 0 Å². The highest BCUT2D eigenvalue weighted by Crippen LogP contribution is 2.22. The summed E-state index contributed by atoms with van der Waals surface area (Å²) in [5.74, 6) is -0.788. The zero-order valence-electron chi connectivity index (χ0n) is 11.2. The second-order valence-electron chi connectivity index (χ2n) is 4.10. The van der Waals surface area contributed by atoms with Gasteiger partial charge in [0.15, 0.2) is 0 Å². The van der Waals surface area contributed by atoms with E-state index in [-0.39, 0.29) is 17.2 Å². The topological polar surface area (TPSA) is 41.1 Å².